The summed E-state index contributed by atoms with van der Waals surface area (Å²) in [4.78, 5) is 2.35. The van der Waals surface area contributed by atoms with E-state index in [-0.39, 0.29) is 5.41 Å². The quantitative estimate of drug-likeness (QED) is 0.677. The summed E-state index contributed by atoms with van der Waals surface area (Å²) in [5.41, 5.74) is 7.81. The predicted molar refractivity (Wildman–Crippen MR) is 107 cm³/mol. The van der Waals surface area contributed by atoms with Gasteiger partial charge in [-0.1, -0.05) is 44.7 Å². The van der Waals surface area contributed by atoms with Crippen LogP contribution in [-0.4, -0.2) is 20.3 Å². The lowest BCUT2D eigenvalue weighted by Crippen LogP contribution is -2.27. The van der Waals surface area contributed by atoms with Gasteiger partial charge in [0, 0.05) is 36.0 Å². The molecule has 0 unspecified atom stereocenters. The smallest absolute Gasteiger partial charge is 0.0739 e. The molecule has 1 aliphatic heterocycles. The second-order valence-electron chi connectivity index (χ2n) is 7.62. The van der Waals surface area contributed by atoms with Gasteiger partial charge in [0.05, 0.1) is 6.61 Å². The van der Waals surface area contributed by atoms with Crippen molar-refractivity contribution in [2.45, 2.75) is 51.9 Å². The number of hydrogen-bond acceptors (Lipinski definition) is 2. The molecule has 25 heavy (non-hydrogen) atoms. The molecule has 0 N–H and O–H groups in total. The molecule has 3 rings (SSSR count). The van der Waals surface area contributed by atoms with Crippen molar-refractivity contribution in [3.8, 4) is 0 Å². The molecule has 0 amide bonds. The van der Waals surface area contributed by atoms with Crippen molar-refractivity contribution >= 4 is 5.69 Å². The van der Waals surface area contributed by atoms with E-state index in [1.165, 1.54) is 52.9 Å². The molecule has 0 radical (unpaired) electrons. The third-order valence-corrected chi connectivity index (χ3v) is 5.65. The number of nitrogens with zero attached hydrogens (tertiary/aromatic N) is 1. The van der Waals surface area contributed by atoms with Gasteiger partial charge in [0.15, 0.2) is 0 Å². The molecule has 0 fully saturated rings. The molecule has 1 aromatic rings. The SMILES string of the molecule is C=C(C1=CCCCC1)/C(COCC)=C1\N(C)c2ccccc2C1(C)C. The average Bonchev–Trinajstić information content (AvgIpc) is 2.83. The van der Waals surface area contributed by atoms with Gasteiger partial charge in [-0.25, -0.2) is 0 Å². The summed E-state index contributed by atoms with van der Waals surface area (Å²) in [5, 5.41) is 0. The van der Waals surface area contributed by atoms with E-state index in [0.717, 1.165) is 13.0 Å². The standard InChI is InChI=1S/C23H31NO/c1-6-25-16-19(17(2)18-12-8-7-9-13-18)22-23(3,4)20-14-10-11-15-21(20)24(22)5/h10-12,14-15H,2,6-9,13,16H2,1,3-5H3/b22-19-. The third kappa shape index (κ3) is 3.20. The van der Waals surface area contributed by atoms with Gasteiger partial charge in [-0.3, -0.25) is 0 Å². The Morgan fingerprint density at radius 2 is 2.00 bits per heavy atom. The van der Waals surface area contributed by atoms with Gasteiger partial charge in [0.25, 0.3) is 0 Å². The molecule has 0 aromatic heterocycles. The number of ether oxygens (including phenoxy) is 1. The van der Waals surface area contributed by atoms with Gasteiger partial charge in [0.1, 0.15) is 0 Å². The van der Waals surface area contributed by atoms with Crippen LogP contribution in [0.2, 0.25) is 0 Å². The fourth-order valence-corrected chi connectivity index (χ4v) is 4.35. The topological polar surface area (TPSA) is 12.5 Å². The molecule has 2 heteroatoms. The van der Waals surface area contributed by atoms with Crippen LogP contribution in [0.1, 0.15) is 52.0 Å². The van der Waals surface area contributed by atoms with Gasteiger partial charge >= 0.3 is 0 Å². The van der Waals surface area contributed by atoms with E-state index in [4.69, 9.17) is 4.74 Å². The largest absolute Gasteiger partial charge is 0.377 e. The fourth-order valence-electron chi connectivity index (χ4n) is 4.35. The zero-order valence-corrected chi connectivity index (χ0v) is 16.2. The van der Waals surface area contributed by atoms with Crippen LogP contribution in [0.25, 0.3) is 0 Å². The predicted octanol–water partition coefficient (Wildman–Crippen LogP) is 5.76. The van der Waals surface area contributed by atoms with Crippen LogP contribution in [0, 0.1) is 0 Å². The number of rotatable bonds is 5. The van der Waals surface area contributed by atoms with Crippen molar-refractivity contribution in [1.82, 2.24) is 0 Å². The van der Waals surface area contributed by atoms with Crippen molar-refractivity contribution < 1.29 is 4.74 Å². The minimum absolute atomic E-state index is 0.0457. The summed E-state index contributed by atoms with van der Waals surface area (Å²) in [7, 11) is 2.18. The second-order valence-corrected chi connectivity index (χ2v) is 7.62. The molecule has 2 aliphatic rings. The van der Waals surface area contributed by atoms with Crippen LogP contribution < -0.4 is 4.90 Å². The van der Waals surface area contributed by atoms with E-state index in [0.29, 0.717) is 6.61 Å². The Bertz CT molecular complexity index is 723. The van der Waals surface area contributed by atoms with Crippen molar-refractivity contribution in [3.63, 3.8) is 0 Å². The maximum atomic E-state index is 5.89. The molecular weight excluding hydrogens is 306 g/mol. The molecule has 2 nitrogen and oxygen atoms in total. The van der Waals surface area contributed by atoms with Crippen molar-refractivity contribution in [2.75, 3.05) is 25.2 Å². The highest BCUT2D eigenvalue weighted by Crippen LogP contribution is 2.49. The fraction of sp³-hybridized carbons (Fsp3) is 0.478. The van der Waals surface area contributed by atoms with Crippen LogP contribution >= 0.6 is 0 Å². The van der Waals surface area contributed by atoms with E-state index >= 15 is 0 Å². The molecule has 1 heterocycles. The molecule has 0 bridgehead atoms. The molecule has 0 saturated heterocycles. The van der Waals surface area contributed by atoms with Crippen molar-refractivity contribution in [3.05, 3.63) is 64.9 Å². The first-order valence-electron chi connectivity index (χ1n) is 9.51. The van der Waals surface area contributed by atoms with Gasteiger partial charge in [-0.2, -0.15) is 0 Å². The summed E-state index contributed by atoms with van der Waals surface area (Å²) < 4.78 is 5.89. The van der Waals surface area contributed by atoms with Gasteiger partial charge in [0.2, 0.25) is 0 Å². The Balaban J connectivity index is 2.11. The number of hydrogen-bond donors (Lipinski definition) is 0. The zero-order chi connectivity index (χ0) is 18.0. The van der Waals surface area contributed by atoms with Crippen LogP contribution in [-0.2, 0) is 10.2 Å². The maximum Gasteiger partial charge on any atom is 0.0739 e. The molecular formula is C23H31NO. The van der Waals surface area contributed by atoms with Crippen LogP contribution in [0.15, 0.2) is 59.3 Å². The first-order valence-corrected chi connectivity index (χ1v) is 9.51. The summed E-state index contributed by atoms with van der Waals surface area (Å²) in [5.74, 6) is 0. The first kappa shape index (κ1) is 18.0. The van der Waals surface area contributed by atoms with E-state index in [1.807, 2.05) is 0 Å². The Morgan fingerprint density at radius 1 is 1.24 bits per heavy atom. The molecule has 0 atom stereocenters. The van der Waals surface area contributed by atoms with Crippen molar-refractivity contribution in [1.29, 1.82) is 0 Å². The van der Waals surface area contributed by atoms with Crippen LogP contribution in [0.5, 0.6) is 0 Å². The normalized spacial score (nSPS) is 21.0. The summed E-state index contributed by atoms with van der Waals surface area (Å²) in [6.45, 7) is 12.6. The highest BCUT2D eigenvalue weighted by molar-refractivity contribution is 5.72. The van der Waals surface area contributed by atoms with E-state index in [9.17, 15) is 0 Å². The Hall–Kier alpha value is -1.80. The summed E-state index contributed by atoms with van der Waals surface area (Å²) in [6, 6.07) is 8.72. The number of benzene rings is 1. The monoisotopic (exact) mass is 337 g/mol. The Kier molecular flexibility index (Phi) is 5.19. The van der Waals surface area contributed by atoms with E-state index in [1.54, 1.807) is 0 Å². The highest BCUT2D eigenvalue weighted by atomic mass is 16.5. The zero-order valence-electron chi connectivity index (χ0n) is 16.2. The van der Waals surface area contributed by atoms with Crippen molar-refractivity contribution in [2.24, 2.45) is 0 Å². The highest BCUT2D eigenvalue weighted by Gasteiger charge is 2.40. The Labute approximate surface area is 152 Å². The van der Waals surface area contributed by atoms with Gasteiger partial charge < -0.3 is 9.64 Å². The average molecular weight is 338 g/mol. The summed E-state index contributed by atoms with van der Waals surface area (Å²) in [6.07, 6.45) is 7.25. The number of likely N-dealkylation sites (N-methyl/N-ethyl adjacent to an activating group) is 1. The molecule has 0 spiro atoms. The van der Waals surface area contributed by atoms with Gasteiger partial charge in [-0.05, 0) is 55.4 Å². The van der Waals surface area contributed by atoms with E-state index < -0.39 is 0 Å². The lowest BCUT2D eigenvalue weighted by molar-refractivity contribution is 0.171. The molecule has 134 valence electrons. The van der Waals surface area contributed by atoms with E-state index in [2.05, 4.69) is 69.6 Å². The maximum absolute atomic E-state index is 5.89. The number of fused-ring (bicyclic) bond motifs is 1. The van der Waals surface area contributed by atoms with Gasteiger partial charge in [-0.15, -0.1) is 0 Å². The number of anilines is 1. The summed E-state index contributed by atoms with van der Waals surface area (Å²) >= 11 is 0. The first-order chi connectivity index (χ1) is 12.0. The number of allylic oxidation sites excluding steroid dienone is 3. The minimum Gasteiger partial charge on any atom is -0.377 e. The molecule has 1 aromatic carbocycles. The van der Waals surface area contributed by atoms with Crippen LogP contribution in [0.3, 0.4) is 0 Å². The Morgan fingerprint density at radius 3 is 2.64 bits per heavy atom. The minimum atomic E-state index is -0.0457. The lowest BCUT2D eigenvalue weighted by Gasteiger charge is -2.30. The molecule has 1 aliphatic carbocycles. The second kappa shape index (κ2) is 7.21. The number of para-hydroxylation sites is 1. The van der Waals surface area contributed by atoms with Crippen LogP contribution in [0.4, 0.5) is 5.69 Å². The third-order valence-electron chi connectivity index (χ3n) is 5.65. The lowest BCUT2D eigenvalue weighted by atomic mass is 9.79. The molecule has 0 saturated carbocycles.